The molecule has 3 aromatic rings. The van der Waals surface area contributed by atoms with Crippen LogP contribution in [0.25, 0.3) is 0 Å². The Balaban J connectivity index is 1.79. The van der Waals surface area contributed by atoms with Crippen molar-refractivity contribution in [3.05, 3.63) is 65.9 Å². The van der Waals surface area contributed by atoms with Gasteiger partial charge < -0.3 is 19.2 Å². The molecule has 2 aromatic carbocycles. The number of nitrogens with zero attached hydrogens (tertiary/aromatic N) is 2. The summed E-state index contributed by atoms with van der Waals surface area (Å²) in [6, 6.07) is 14.8. The largest absolute Gasteiger partial charge is 0.493 e. The molecule has 140 valence electrons. The number of anilines is 1. The summed E-state index contributed by atoms with van der Waals surface area (Å²) < 4.78 is 16.1. The molecule has 1 heterocycles. The van der Waals surface area contributed by atoms with Crippen LogP contribution in [0.5, 0.6) is 11.5 Å². The van der Waals surface area contributed by atoms with Crippen LogP contribution in [0.1, 0.15) is 29.7 Å². The zero-order valence-corrected chi connectivity index (χ0v) is 15.4. The molecule has 1 aromatic heterocycles. The summed E-state index contributed by atoms with van der Waals surface area (Å²) in [4.78, 5) is 12.7. The van der Waals surface area contributed by atoms with Crippen LogP contribution in [0.3, 0.4) is 0 Å². The van der Waals surface area contributed by atoms with Crippen molar-refractivity contribution in [1.29, 1.82) is 0 Å². The number of ether oxygens (including phenoxy) is 2. The van der Waals surface area contributed by atoms with Gasteiger partial charge in [-0.15, -0.1) is 10.2 Å². The molecule has 1 amide bonds. The average Bonchev–Trinajstić information content (AvgIpc) is 3.12. The Morgan fingerprint density at radius 2 is 1.81 bits per heavy atom. The van der Waals surface area contributed by atoms with Crippen molar-refractivity contribution in [2.75, 3.05) is 19.5 Å². The Labute approximate surface area is 157 Å². The molecule has 0 radical (unpaired) electrons. The van der Waals surface area contributed by atoms with E-state index in [2.05, 4.69) is 15.5 Å². The zero-order valence-electron chi connectivity index (χ0n) is 15.4. The number of carbonyl (C=O) groups excluding carboxylic acids is 1. The second kappa shape index (κ2) is 8.35. The summed E-state index contributed by atoms with van der Waals surface area (Å²) >= 11 is 0. The smallest absolute Gasteiger partial charge is 0.225 e. The molecule has 0 saturated heterocycles. The summed E-state index contributed by atoms with van der Waals surface area (Å²) in [6.07, 6.45) is 0.167. The second-order valence-corrected chi connectivity index (χ2v) is 5.94. The predicted molar refractivity (Wildman–Crippen MR) is 100 cm³/mol. The molecule has 1 atom stereocenters. The van der Waals surface area contributed by atoms with Crippen molar-refractivity contribution < 1.29 is 18.7 Å². The Kier molecular flexibility index (Phi) is 5.71. The van der Waals surface area contributed by atoms with Crippen molar-refractivity contribution in [2.45, 2.75) is 19.3 Å². The monoisotopic (exact) mass is 367 g/mol. The molecule has 0 aliphatic rings. The Hall–Kier alpha value is -3.35. The van der Waals surface area contributed by atoms with E-state index >= 15 is 0 Å². The number of nitrogens with one attached hydrogen (secondary N) is 1. The van der Waals surface area contributed by atoms with Gasteiger partial charge in [0, 0.05) is 25.1 Å². The van der Waals surface area contributed by atoms with Gasteiger partial charge in [0.05, 0.1) is 20.1 Å². The van der Waals surface area contributed by atoms with E-state index in [1.807, 2.05) is 30.3 Å². The molecule has 7 nitrogen and oxygen atoms in total. The molecule has 1 unspecified atom stereocenters. The highest BCUT2D eigenvalue weighted by Crippen LogP contribution is 2.31. The maximum atomic E-state index is 12.7. The van der Waals surface area contributed by atoms with Crippen molar-refractivity contribution in [1.82, 2.24) is 10.2 Å². The Bertz CT molecular complexity index is 909. The minimum atomic E-state index is -0.326. The standard InChI is InChI=1S/C20H21N3O4/c1-13-22-23-20(27-13)16(14-7-5-4-6-8-14)12-19(24)21-15-9-10-17(25-2)18(11-15)26-3/h4-11,16H,12H2,1-3H3,(H,21,24). The van der Waals surface area contributed by atoms with Crippen LogP contribution in [0.2, 0.25) is 0 Å². The fourth-order valence-corrected chi connectivity index (χ4v) is 2.80. The van der Waals surface area contributed by atoms with Gasteiger partial charge in [0.25, 0.3) is 0 Å². The number of amides is 1. The van der Waals surface area contributed by atoms with E-state index in [4.69, 9.17) is 13.9 Å². The molecular formula is C20H21N3O4. The van der Waals surface area contributed by atoms with E-state index in [-0.39, 0.29) is 18.2 Å². The maximum Gasteiger partial charge on any atom is 0.225 e. The number of methoxy groups -OCH3 is 2. The molecule has 0 bridgehead atoms. The van der Waals surface area contributed by atoms with E-state index in [0.717, 1.165) is 5.56 Å². The molecule has 0 fully saturated rings. The lowest BCUT2D eigenvalue weighted by Crippen LogP contribution is -2.17. The highest BCUT2D eigenvalue weighted by atomic mass is 16.5. The number of carbonyl (C=O) groups is 1. The lowest BCUT2D eigenvalue weighted by molar-refractivity contribution is -0.116. The average molecular weight is 367 g/mol. The summed E-state index contributed by atoms with van der Waals surface area (Å²) in [5.74, 6) is 1.52. The van der Waals surface area contributed by atoms with Gasteiger partial charge in [0.1, 0.15) is 0 Å². The quantitative estimate of drug-likeness (QED) is 0.687. The van der Waals surface area contributed by atoms with Crippen LogP contribution >= 0.6 is 0 Å². The van der Waals surface area contributed by atoms with Gasteiger partial charge >= 0.3 is 0 Å². The molecule has 3 rings (SSSR count). The van der Waals surface area contributed by atoms with Gasteiger partial charge in [0.2, 0.25) is 17.7 Å². The van der Waals surface area contributed by atoms with Gasteiger partial charge in [-0.2, -0.15) is 0 Å². The third-order valence-electron chi connectivity index (χ3n) is 4.10. The molecular weight excluding hydrogens is 346 g/mol. The lowest BCUT2D eigenvalue weighted by Gasteiger charge is -2.14. The SMILES string of the molecule is COc1ccc(NC(=O)CC(c2ccccc2)c2nnc(C)o2)cc1OC. The third kappa shape index (κ3) is 4.44. The van der Waals surface area contributed by atoms with Crippen molar-refractivity contribution in [2.24, 2.45) is 0 Å². The number of benzene rings is 2. The number of hydrogen-bond donors (Lipinski definition) is 1. The highest BCUT2D eigenvalue weighted by Gasteiger charge is 2.23. The van der Waals surface area contributed by atoms with Gasteiger partial charge in [-0.3, -0.25) is 4.79 Å². The normalized spacial score (nSPS) is 11.7. The first kappa shape index (κ1) is 18.4. The van der Waals surface area contributed by atoms with Gasteiger partial charge in [0.15, 0.2) is 11.5 Å². The van der Waals surface area contributed by atoms with Crippen molar-refractivity contribution in [3.8, 4) is 11.5 Å². The van der Waals surface area contributed by atoms with Crippen LogP contribution < -0.4 is 14.8 Å². The fourth-order valence-electron chi connectivity index (χ4n) is 2.80. The van der Waals surface area contributed by atoms with Crippen LogP contribution in [0, 0.1) is 6.92 Å². The van der Waals surface area contributed by atoms with Crippen molar-refractivity contribution in [3.63, 3.8) is 0 Å². The third-order valence-corrected chi connectivity index (χ3v) is 4.10. The minimum absolute atomic E-state index is 0.167. The predicted octanol–water partition coefficient (Wildman–Crippen LogP) is 3.56. The number of hydrogen-bond acceptors (Lipinski definition) is 6. The van der Waals surface area contributed by atoms with Crippen molar-refractivity contribution >= 4 is 11.6 Å². The lowest BCUT2D eigenvalue weighted by atomic mass is 9.95. The first-order valence-corrected chi connectivity index (χ1v) is 8.47. The summed E-state index contributed by atoms with van der Waals surface area (Å²) in [5, 5.41) is 10.9. The zero-order chi connectivity index (χ0) is 19.2. The fraction of sp³-hybridized carbons (Fsp3) is 0.250. The number of aromatic nitrogens is 2. The Morgan fingerprint density at radius 1 is 1.07 bits per heavy atom. The van der Waals surface area contributed by atoms with Crippen LogP contribution in [0.4, 0.5) is 5.69 Å². The first-order valence-electron chi connectivity index (χ1n) is 8.47. The maximum absolute atomic E-state index is 12.7. The van der Waals surface area contributed by atoms with E-state index in [9.17, 15) is 4.79 Å². The highest BCUT2D eigenvalue weighted by molar-refractivity contribution is 5.91. The van der Waals surface area contributed by atoms with Crippen LogP contribution in [-0.4, -0.2) is 30.3 Å². The van der Waals surface area contributed by atoms with E-state index < -0.39 is 0 Å². The van der Waals surface area contributed by atoms with Crippen LogP contribution in [0.15, 0.2) is 52.9 Å². The molecule has 0 aliphatic carbocycles. The number of rotatable bonds is 7. The first-order chi connectivity index (χ1) is 13.1. The summed E-state index contributed by atoms with van der Waals surface area (Å²) in [5.41, 5.74) is 1.55. The van der Waals surface area contributed by atoms with Gasteiger partial charge in [-0.05, 0) is 17.7 Å². The second-order valence-electron chi connectivity index (χ2n) is 5.94. The Morgan fingerprint density at radius 3 is 2.44 bits per heavy atom. The molecule has 1 N–H and O–H groups in total. The van der Waals surface area contributed by atoms with E-state index in [0.29, 0.717) is 29.0 Å². The molecule has 27 heavy (non-hydrogen) atoms. The summed E-state index contributed by atoms with van der Waals surface area (Å²) in [6.45, 7) is 1.72. The molecule has 0 aliphatic heterocycles. The molecule has 0 spiro atoms. The number of aryl methyl sites for hydroxylation is 1. The van der Waals surface area contributed by atoms with Crippen LogP contribution in [-0.2, 0) is 4.79 Å². The minimum Gasteiger partial charge on any atom is -0.493 e. The molecule has 0 saturated carbocycles. The van der Waals surface area contributed by atoms with Gasteiger partial charge in [-0.1, -0.05) is 30.3 Å². The summed E-state index contributed by atoms with van der Waals surface area (Å²) in [7, 11) is 3.11. The molecule has 7 heteroatoms. The van der Waals surface area contributed by atoms with E-state index in [1.54, 1.807) is 39.3 Å². The van der Waals surface area contributed by atoms with Gasteiger partial charge in [-0.25, -0.2) is 0 Å². The topological polar surface area (TPSA) is 86.5 Å². The van der Waals surface area contributed by atoms with E-state index in [1.165, 1.54) is 0 Å².